The molecule has 0 aliphatic carbocycles. The normalized spacial score (nSPS) is 15.1. The van der Waals surface area contributed by atoms with Crippen LogP contribution >= 0.6 is 10.9 Å². The first-order chi connectivity index (χ1) is 6.47. The average Bonchev–Trinajstić information content (AvgIpc) is 2.75. The van der Waals surface area contributed by atoms with E-state index in [9.17, 15) is 0 Å². The lowest BCUT2D eigenvalue weighted by Crippen LogP contribution is -1.78. The molecule has 0 N–H and O–H groups in total. The summed E-state index contributed by atoms with van der Waals surface area (Å²) in [6.07, 6.45) is 14.0. The summed E-state index contributed by atoms with van der Waals surface area (Å²) in [4.78, 5) is 4.29. The van der Waals surface area contributed by atoms with E-state index in [4.69, 9.17) is 0 Å². The summed E-state index contributed by atoms with van der Waals surface area (Å²) in [7, 11) is -0.212. The van der Waals surface area contributed by atoms with E-state index in [0.717, 1.165) is 0 Å². The van der Waals surface area contributed by atoms with Gasteiger partial charge in [-0.25, -0.2) is 0 Å². The van der Waals surface area contributed by atoms with Crippen molar-refractivity contribution in [2.75, 3.05) is 0 Å². The Morgan fingerprint density at radius 3 is 2.31 bits per heavy atom. The molecule has 0 unspecified atom stereocenters. The van der Waals surface area contributed by atoms with Gasteiger partial charge in [0.15, 0.2) is 0 Å². The highest BCUT2D eigenvalue weighted by atomic mass is 32.2. The molecule has 13 heavy (non-hydrogen) atoms. The summed E-state index contributed by atoms with van der Waals surface area (Å²) in [5.74, 6) is 0. The summed E-state index contributed by atoms with van der Waals surface area (Å²) in [6.45, 7) is 0. The molecule has 0 fully saturated rings. The fourth-order valence-corrected chi connectivity index (χ4v) is 2.43. The van der Waals surface area contributed by atoms with Crippen molar-refractivity contribution in [3.63, 3.8) is 0 Å². The Hall–Kier alpha value is -1.46. The second-order valence-electron chi connectivity index (χ2n) is 2.28. The van der Waals surface area contributed by atoms with Crippen molar-refractivity contribution in [3.05, 3.63) is 47.4 Å². The highest BCUT2D eigenvalue weighted by Gasteiger charge is 2.01. The fraction of sp³-hybridized carbons (Fsp3) is 0. The highest BCUT2D eigenvalue weighted by Crippen LogP contribution is 2.39. The zero-order valence-electron chi connectivity index (χ0n) is 7.17. The molecule has 0 saturated heterocycles. The standard InChI is InChI=1S/C9H9NS.C2H2/c1-2-6-10-9(5-1)11-7-3-4-8-11;1-2/h1-8,11H;1-2H. The van der Waals surface area contributed by atoms with Crippen LogP contribution in [-0.2, 0) is 0 Å². The van der Waals surface area contributed by atoms with E-state index in [2.05, 4.69) is 46.9 Å². The molecule has 0 spiro atoms. The molecule has 2 heterocycles. The Morgan fingerprint density at radius 2 is 1.77 bits per heavy atom. The molecule has 0 bridgehead atoms. The maximum Gasteiger partial charge on any atom is 0.0834 e. The van der Waals surface area contributed by atoms with E-state index in [1.165, 1.54) is 5.03 Å². The van der Waals surface area contributed by atoms with Gasteiger partial charge in [-0.1, -0.05) is 18.2 Å². The van der Waals surface area contributed by atoms with Gasteiger partial charge in [0.1, 0.15) is 0 Å². The third-order valence-electron chi connectivity index (χ3n) is 1.52. The first kappa shape index (κ1) is 9.63. The molecule has 1 aliphatic heterocycles. The molecular weight excluding hydrogens is 178 g/mol. The van der Waals surface area contributed by atoms with Crippen molar-refractivity contribution in [3.8, 4) is 12.8 Å². The van der Waals surface area contributed by atoms with Crippen LogP contribution in [0.2, 0.25) is 0 Å². The number of allylic oxidation sites excluding steroid dienone is 2. The van der Waals surface area contributed by atoms with Crippen LogP contribution in [0.4, 0.5) is 0 Å². The summed E-state index contributed by atoms with van der Waals surface area (Å²) in [5.41, 5.74) is 0. The second-order valence-corrected chi connectivity index (χ2v) is 4.15. The van der Waals surface area contributed by atoms with Crippen LogP contribution in [0.1, 0.15) is 0 Å². The lowest BCUT2D eigenvalue weighted by atomic mass is 10.5. The summed E-state index contributed by atoms with van der Waals surface area (Å²) < 4.78 is 0. The van der Waals surface area contributed by atoms with Gasteiger partial charge in [0.2, 0.25) is 0 Å². The third-order valence-corrected chi connectivity index (χ3v) is 3.30. The van der Waals surface area contributed by atoms with Crippen LogP contribution in [-0.4, -0.2) is 4.98 Å². The number of hydrogen-bond donors (Lipinski definition) is 1. The molecule has 0 saturated carbocycles. The van der Waals surface area contributed by atoms with Gasteiger partial charge in [0.05, 0.1) is 5.03 Å². The Labute approximate surface area is 81.6 Å². The molecule has 0 atom stereocenters. The van der Waals surface area contributed by atoms with Crippen LogP contribution in [0, 0.1) is 12.8 Å². The maximum absolute atomic E-state index is 4.29. The smallest absolute Gasteiger partial charge is 0.0834 e. The van der Waals surface area contributed by atoms with Crippen molar-refractivity contribution in [2.24, 2.45) is 0 Å². The molecule has 0 amide bonds. The van der Waals surface area contributed by atoms with Gasteiger partial charge in [0.25, 0.3) is 0 Å². The van der Waals surface area contributed by atoms with Crippen LogP contribution in [0.5, 0.6) is 0 Å². The molecular formula is C11H11NS. The third kappa shape index (κ3) is 2.50. The minimum atomic E-state index is -0.212. The van der Waals surface area contributed by atoms with Gasteiger partial charge in [-0.2, -0.15) is 10.9 Å². The molecule has 66 valence electrons. The quantitative estimate of drug-likeness (QED) is 0.529. The molecule has 1 nitrogen and oxygen atoms in total. The predicted molar refractivity (Wildman–Crippen MR) is 59.7 cm³/mol. The molecule has 2 heteroatoms. The average molecular weight is 189 g/mol. The van der Waals surface area contributed by atoms with E-state index >= 15 is 0 Å². The van der Waals surface area contributed by atoms with E-state index in [1.54, 1.807) is 0 Å². The van der Waals surface area contributed by atoms with Gasteiger partial charge in [0, 0.05) is 6.20 Å². The fourth-order valence-electron chi connectivity index (χ4n) is 0.994. The number of pyridine rings is 1. The zero-order valence-corrected chi connectivity index (χ0v) is 8.06. The Kier molecular flexibility index (Phi) is 3.87. The van der Waals surface area contributed by atoms with Gasteiger partial charge in [-0.15, -0.1) is 12.8 Å². The maximum atomic E-state index is 4.29. The number of hydrogen-bond acceptors (Lipinski definition) is 1. The van der Waals surface area contributed by atoms with Crippen LogP contribution in [0.15, 0.2) is 52.4 Å². The van der Waals surface area contributed by atoms with Gasteiger partial charge in [-0.3, -0.25) is 4.98 Å². The number of rotatable bonds is 1. The summed E-state index contributed by atoms with van der Waals surface area (Å²) in [5, 5.41) is 5.60. The van der Waals surface area contributed by atoms with E-state index in [0.29, 0.717) is 0 Å². The number of aromatic nitrogens is 1. The minimum absolute atomic E-state index is 0.212. The van der Waals surface area contributed by atoms with E-state index in [-0.39, 0.29) is 10.9 Å². The van der Waals surface area contributed by atoms with Crippen LogP contribution in [0.3, 0.4) is 0 Å². The minimum Gasteiger partial charge on any atom is -0.251 e. The van der Waals surface area contributed by atoms with Crippen molar-refractivity contribution in [2.45, 2.75) is 5.03 Å². The summed E-state index contributed by atoms with van der Waals surface area (Å²) >= 11 is 0. The molecule has 0 radical (unpaired) electrons. The lowest BCUT2D eigenvalue weighted by molar-refractivity contribution is 1.14. The first-order valence-corrected chi connectivity index (χ1v) is 5.32. The lowest BCUT2D eigenvalue weighted by Gasteiger charge is -2.06. The first-order valence-electron chi connectivity index (χ1n) is 3.84. The van der Waals surface area contributed by atoms with E-state index in [1.807, 2.05) is 18.3 Å². The van der Waals surface area contributed by atoms with Crippen molar-refractivity contribution < 1.29 is 0 Å². The number of terminal acetylenes is 1. The highest BCUT2D eigenvalue weighted by molar-refractivity contribution is 8.22. The van der Waals surface area contributed by atoms with Gasteiger partial charge in [-0.05, 0) is 22.9 Å². The van der Waals surface area contributed by atoms with Gasteiger partial charge >= 0.3 is 0 Å². The summed E-state index contributed by atoms with van der Waals surface area (Å²) in [6, 6.07) is 6.05. The van der Waals surface area contributed by atoms with Crippen LogP contribution in [0.25, 0.3) is 0 Å². The van der Waals surface area contributed by atoms with E-state index < -0.39 is 0 Å². The van der Waals surface area contributed by atoms with Crippen molar-refractivity contribution >= 4 is 10.9 Å². The largest absolute Gasteiger partial charge is 0.251 e. The molecule has 1 aliphatic rings. The molecule has 2 rings (SSSR count). The van der Waals surface area contributed by atoms with Crippen molar-refractivity contribution in [1.82, 2.24) is 4.98 Å². The Morgan fingerprint density at radius 1 is 1.08 bits per heavy atom. The molecule has 1 aromatic heterocycles. The second kappa shape index (κ2) is 5.23. The molecule has 0 aromatic carbocycles. The Bertz CT molecular complexity index is 312. The number of thiol groups is 1. The number of nitrogens with zero attached hydrogens (tertiary/aromatic N) is 1. The van der Waals surface area contributed by atoms with Gasteiger partial charge < -0.3 is 0 Å². The predicted octanol–water partition coefficient (Wildman–Crippen LogP) is 2.73. The Balaban J connectivity index is 0.000000396. The topological polar surface area (TPSA) is 12.9 Å². The van der Waals surface area contributed by atoms with Crippen LogP contribution < -0.4 is 0 Å². The molecule has 1 aromatic rings. The zero-order chi connectivity index (χ0) is 9.52. The SMILES string of the molecule is C#C.C1=C[SH](c2ccccn2)C=C1. The van der Waals surface area contributed by atoms with Crippen molar-refractivity contribution in [1.29, 1.82) is 0 Å². The monoisotopic (exact) mass is 189 g/mol.